The predicted octanol–water partition coefficient (Wildman–Crippen LogP) is -0.690. The second-order valence-corrected chi connectivity index (χ2v) is 6.46. The van der Waals surface area contributed by atoms with Crippen molar-refractivity contribution < 1.29 is 14.3 Å². The van der Waals surface area contributed by atoms with Crippen LogP contribution in [0.1, 0.15) is 12.7 Å². The number of aromatic nitrogens is 2. The number of ether oxygens (including phenoxy) is 1. The van der Waals surface area contributed by atoms with E-state index in [1.54, 1.807) is 6.20 Å². The third-order valence-electron chi connectivity index (χ3n) is 4.53. The van der Waals surface area contributed by atoms with Crippen LogP contribution in [0.3, 0.4) is 0 Å². The van der Waals surface area contributed by atoms with Crippen LogP contribution in [0.25, 0.3) is 0 Å². The van der Waals surface area contributed by atoms with Crippen molar-refractivity contribution in [2.75, 3.05) is 45.9 Å². The molecule has 1 saturated heterocycles. The summed E-state index contributed by atoms with van der Waals surface area (Å²) in [5.74, 6) is 0.980. The highest BCUT2D eigenvalue weighted by atomic mass is 16.5. The minimum absolute atomic E-state index is 0.0420. The van der Waals surface area contributed by atoms with Gasteiger partial charge < -0.3 is 19.5 Å². The summed E-state index contributed by atoms with van der Waals surface area (Å²) in [6, 6.07) is 0. The van der Waals surface area contributed by atoms with E-state index in [0.29, 0.717) is 19.0 Å². The van der Waals surface area contributed by atoms with Crippen molar-refractivity contribution in [2.24, 2.45) is 5.92 Å². The van der Waals surface area contributed by atoms with Gasteiger partial charge >= 0.3 is 0 Å². The topological polar surface area (TPSA) is 79.7 Å². The van der Waals surface area contributed by atoms with Crippen LogP contribution >= 0.6 is 0 Å². The molecule has 2 amide bonds. The van der Waals surface area contributed by atoms with E-state index in [2.05, 4.69) is 19.8 Å². The second-order valence-electron chi connectivity index (χ2n) is 6.46. The standard InChI is InChI=1S/C16H25N5O3/c1-13(22)18-8-16(23)21-11-14(9-19-4-6-24-7-5-19)10-20-3-2-17-15(20)12-21/h2-3,14H,4-12H2,1H3,(H,18,22)/t14-/m1/s1. The van der Waals surface area contributed by atoms with Gasteiger partial charge in [-0.3, -0.25) is 14.5 Å². The molecule has 3 rings (SSSR count). The zero-order valence-electron chi connectivity index (χ0n) is 14.1. The monoisotopic (exact) mass is 335 g/mol. The average molecular weight is 335 g/mol. The lowest BCUT2D eigenvalue weighted by Crippen LogP contribution is -2.45. The van der Waals surface area contributed by atoms with Crippen LogP contribution < -0.4 is 5.32 Å². The Morgan fingerprint density at radius 3 is 2.88 bits per heavy atom. The van der Waals surface area contributed by atoms with Crippen LogP contribution in [0.5, 0.6) is 0 Å². The van der Waals surface area contributed by atoms with Crippen molar-refractivity contribution in [1.82, 2.24) is 24.7 Å². The van der Waals surface area contributed by atoms with Gasteiger partial charge in [0.2, 0.25) is 11.8 Å². The fourth-order valence-electron chi connectivity index (χ4n) is 3.31. The lowest BCUT2D eigenvalue weighted by atomic mass is 10.1. The molecule has 0 aromatic carbocycles. The summed E-state index contributed by atoms with van der Waals surface area (Å²) >= 11 is 0. The maximum atomic E-state index is 12.5. The van der Waals surface area contributed by atoms with E-state index in [-0.39, 0.29) is 18.4 Å². The lowest BCUT2D eigenvalue weighted by molar-refractivity contribution is -0.133. The molecule has 2 aliphatic heterocycles. The van der Waals surface area contributed by atoms with Crippen molar-refractivity contribution in [3.8, 4) is 0 Å². The molecule has 1 aromatic heterocycles. The number of imidazole rings is 1. The molecule has 0 saturated carbocycles. The summed E-state index contributed by atoms with van der Waals surface area (Å²) in [7, 11) is 0. The zero-order chi connectivity index (χ0) is 16.9. The molecule has 132 valence electrons. The number of nitrogens with zero attached hydrogens (tertiary/aromatic N) is 4. The largest absolute Gasteiger partial charge is 0.379 e. The first-order chi connectivity index (χ1) is 11.6. The molecule has 0 spiro atoms. The molecule has 0 bridgehead atoms. The molecule has 24 heavy (non-hydrogen) atoms. The third kappa shape index (κ3) is 4.33. The highest BCUT2D eigenvalue weighted by Crippen LogP contribution is 2.17. The molecule has 0 aliphatic carbocycles. The molecule has 0 unspecified atom stereocenters. The van der Waals surface area contributed by atoms with E-state index in [1.165, 1.54) is 6.92 Å². The first-order valence-electron chi connectivity index (χ1n) is 8.44. The summed E-state index contributed by atoms with van der Waals surface area (Å²) in [5.41, 5.74) is 0. The Bertz CT molecular complexity index is 582. The van der Waals surface area contributed by atoms with Crippen molar-refractivity contribution in [2.45, 2.75) is 20.0 Å². The number of rotatable bonds is 4. The van der Waals surface area contributed by atoms with Gasteiger partial charge in [0.15, 0.2) is 0 Å². The molecular weight excluding hydrogens is 310 g/mol. The predicted molar refractivity (Wildman–Crippen MR) is 87.1 cm³/mol. The van der Waals surface area contributed by atoms with Gasteiger partial charge in [-0.1, -0.05) is 0 Å². The van der Waals surface area contributed by atoms with E-state index in [1.807, 2.05) is 11.1 Å². The first kappa shape index (κ1) is 16.9. The highest BCUT2D eigenvalue weighted by Gasteiger charge is 2.27. The Hall–Kier alpha value is -1.93. The number of morpholine rings is 1. The van der Waals surface area contributed by atoms with Crippen molar-refractivity contribution in [1.29, 1.82) is 0 Å². The quantitative estimate of drug-likeness (QED) is 0.788. The van der Waals surface area contributed by atoms with Crippen LogP contribution in [0, 0.1) is 5.92 Å². The van der Waals surface area contributed by atoms with Gasteiger partial charge in [0.05, 0.1) is 26.3 Å². The molecule has 2 aliphatic rings. The summed E-state index contributed by atoms with van der Waals surface area (Å²) in [4.78, 5) is 32.1. The maximum absolute atomic E-state index is 12.5. The van der Waals surface area contributed by atoms with E-state index in [4.69, 9.17) is 4.74 Å². The number of amides is 2. The Labute approximate surface area is 141 Å². The number of hydrogen-bond acceptors (Lipinski definition) is 5. The van der Waals surface area contributed by atoms with Gasteiger partial charge in [-0.25, -0.2) is 4.98 Å². The molecule has 1 atom stereocenters. The Morgan fingerprint density at radius 2 is 2.12 bits per heavy atom. The van der Waals surface area contributed by atoms with Crippen LogP contribution in [0.4, 0.5) is 0 Å². The molecule has 0 radical (unpaired) electrons. The van der Waals surface area contributed by atoms with Crippen LogP contribution in [-0.2, 0) is 27.4 Å². The maximum Gasteiger partial charge on any atom is 0.242 e. The first-order valence-corrected chi connectivity index (χ1v) is 8.44. The van der Waals surface area contributed by atoms with Crippen molar-refractivity contribution in [3.05, 3.63) is 18.2 Å². The number of carbonyl (C=O) groups is 2. The summed E-state index contributed by atoms with van der Waals surface area (Å²) in [5, 5.41) is 2.59. The van der Waals surface area contributed by atoms with E-state index < -0.39 is 0 Å². The number of fused-ring (bicyclic) bond motifs is 1. The fraction of sp³-hybridized carbons (Fsp3) is 0.688. The third-order valence-corrected chi connectivity index (χ3v) is 4.53. The molecular formula is C16H25N5O3. The van der Waals surface area contributed by atoms with Gasteiger partial charge in [-0.05, 0) is 0 Å². The summed E-state index contributed by atoms with van der Waals surface area (Å²) < 4.78 is 7.55. The molecule has 3 heterocycles. The summed E-state index contributed by atoms with van der Waals surface area (Å²) in [6.45, 7) is 7.85. The van der Waals surface area contributed by atoms with Crippen LogP contribution in [0.15, 0.2) is 12.4 Å². The lowest BCUT2D eigenvalue weighted by Gasteiger charge is -2.31. The molecule has 1 aromatic rings. The van der Waals surface area contributed by atoms with Crippen molar-refractivity contribution in [3.63, 3.8) is 0 Å². The normalized spacial score (nSPS) is 21.9. The minimum atomic E-state index is -0.190. The Balaban J connectivity index is 1.67. The van der Waals surface area contributed by atoms with E-state index in [9.17, 15) is 9.59 Å². The zero-order valence-corrected chi connectivity index (χ0v) is 14.1. The van der Waals surface area contributed by atoms with Crippen molar-refractivity contribution >= 4 is 11.8 Å². The van der Waals surface area contributed by atoms with Gasteiger partial charge in [0, 0.05) is 58.0 Å². The molecule has 1 N–H and O–H groups in total. The fourth-order valence-corrected chi connectivity index (χ4v) is 3.31. The van der Waals surface area contributed by atoms with Gasteiger partial charge in [0.25, 0.3) is 0 Å². The number of carbonyl (C=O) groups excluding carboxylic acids is 2. The highest BCUT2D eigenvalue weighted by molar-refractivity contribution is 5.83. The molecule has 1 fully saturated rings. The SMILES string of the molecule is CC(=O)NCC(=O)N1Cc2nccn2C[C@@H](CN2CCOCC2)C1. The van der Waals surface area contributed by atoms with Crippen LogP contribution in [-0.4, -0.2) is 77.1 Å². The van der Waals surface area contributed by atoms with E-state index >= 15 is 0 Å². The van der Waals surface area contributed by atoms with Gasteiger partial charge in [0.1, 0.15) is 5.82 Å². The minimum Gasteiger partial charge on any atom is -0.379 e. The molecule has 8 heteroatoms. The van der Waals surface area contributed by atoms with E-state index in [0.717, 1.165) is 45.2 Å². The molecule has 8 nitrogen and oxygen atoms in total. The smallest absolute Gasteiger partial charge is 0.242 e. The summed E-state index contributed by atoms with van der Waals surface area (Å²) in [6.07, 6.45) is 3.76. The van der Waals surface area contributed by atoms with Gasteiger partial charge in [-0.2, -0.15) is 0 Å². The Morgan fingerprint density at radius 1 is 1.33 bits per heavy atom. The Kier molecular flexibility index (Phi) is 5.47. The van der Waals surface area contributed by atoms with Crippen LogP contribution in [0.2, 0.25) is 0 Å². The van der Waals surface area contributed by atoms with Gasteiger partial charge in [-0.15, -0.1) is 0 Å². The number of hydrogen-bond donors (Lipinski definition) is 1. The average Bonchev–Trinajstić information content (AvgIpc) is 2.92. The second kappa shape index (κ2) is 7.76. The number of nitrogens with one attached hydrogen (secondary N) is 1.